The molecule has 6 nitrogen and oxygen atoms in total. The summed E-state index contributed by atoms with van der Waals surface area (Å²) in [5.74, 6) is -1.54. The Morgan fingerprint density at radius 1 is 1.30 bits per heavy atom. The second-order valence-electron chi connectivity index (χ2n) is 4.85. The number of β-amino-alcohol motifs (C(OH)–C–C–N with tert-alkyl or cyclic N) is 1. The van der Waals surface area contributed by atoms with Crippen LogP contribution in [0.1, 0.15) is 16.8 Å². The zero-order chi connectivity index (χ0) is 14.3. The Morgan fingerprint density at radius 3 is 2.80 bits per heavy atom. The number of rotatable bonds is 2. The van der Waals surface area contributed by atoms with Gasteiger partial charge in [-0.3, -0.25) is 4.79 Å². The van der Waals surface area contributed by atoms with Crippen molar-refractivity contribution in [1.82, 2.24) is 4.90 Å². The predicted octanol–water partition coefficient (Wildman–Crippen LogP) is 1.09. The fraction of sp³-hybridized carbons (Fsp3) is 0.286. The fourth-order valence-corrected chi connectivity index (χ4v) is 2.57. The summed E-state index contributed by atoms with van der Waals surface area (Å²) in [7, 11) is 0. The number of hydrogen-bond donors (Lipinski definition) is 2. The van der Waals surface area contributed by atoms with Gasteiger partial charge in [0.2, 0.25) is 0 Å². The van der Waals surface area contributed by atoms with Crippen LogP contribution in [0.25, 0.3) is 11.0 Å². The molecular formula is C14H13NO5. The molecule has 1 unspecified atom stereocenters. The third-order valence-corrected chi connectivity index (χ3v) is 3.54. The highest BCUT2D eigenvalue weighted by Crippen LogP contribution is 2.26. The van der Waals surface area contributed by atoms with E-state index in [1.54, 1.807) is 24.3 Å². The molecule has 1 amide bonds. The van der Waals surface area contributed by atoms with Crippen molar-refractivity contribution < 1.29 is 24.2 Å². The topological polar surface area (TPSA) is 91.0 Å². The molecule has 1 fully saturated rings. The number of aliphatic hydroxyl groups excluding tert-OH is 1. The summed E-state index contributed by atoms with van der Waals surface area (Å²) in [4.78, 5) is 24.8. The molecule has 1 aromatic heterocycles. The SMILES string of the molecule is O=C(O)[C@@H]1CC(O)CN1C(=O)c1coc2ccccc12. The molecule has 6 heteroatoms. The van der Waals surface area contributed by atoms with Crippen LogP contribution >= 0.6 is 0 Å². The van der Waals surface area contributed by atoms with Gasteiger partial charge in [-0.15, -0.1) is 0 Å². The molecule has 20 heavy (non-hydrogen) atoms. The van der Waals surface area contributed by atoms with Gasteiger partial charge in [0.25, 0.3) is 5.91 Å². The first-order valence-corrected chi connectivity index (χ1v) is 6.26. The minimum atomic E-state index is -1.11. The summed E-state index contributed by atoms with van der Waals surface area (Å²) in [6.45, 7) is 0.0231. The number of furan rings is 1. The molecule has 0 saturated carbocycles. The second kappa shape index (κ2) is 4.64. The molecule has 2 heterocycles. The Kier molecular flexibility index (Phi) is 2.94. The molecule has 1 aliphatic heterocycles. The van der Waals surface area contributed by atoms with Crippen molar-refractivity contribution in [2.75, 3.05) is 6.54 Å². The number of hydrogen-bond acceptors (Lipinski definition) is 4. The summed E-state index contributed by atoms with van der Waals surface area (Å²) in [5.41, 5.74) is 0.892. The lowest BCUT2D eigenvalue weighted by molar-refractivity contribution is -0.141. The van der Waals surface area contributed by atoms with E-state index in [1.807, 2.05) is 0 Å². The van der Waals surface area contributed by atoms with Gasteiger partial charge in [-0.1, -0.05) is 18.2 Å². The Morgan fingerprint density at radius 2 is 2.05 bits per heavy atom. The van der Waals surface area contributed by atoms with Gasteiger partial charge in [0.1, 0.15) is 17.9 Å². The van der Waals surface area contributed by atoms with Gasteiger partial charge in [-0.25, -0.2) is 4.79 Å². The predicted molar refractivity (Wildman–Crippen MR) is 69.3 cm³/mol. The van der Waals surface area contributed by atoms with Crippen LogP contribution in [0.15, 0.2) is 34.9 Å². The van der Waals surface area contributed by atoms with Crippen molar-refractivity contribution in [3.05, 3.63) is 36.1 Å². The van der Waals surface area contributed by atoms with Crippen LogP contribution in [0, 0.1) is 0 Å². The minimum absolute atomic E-state index is 0.0231. The minimum Gasteiger partial charge on any atom is -0.480 e. The van der Waals surface area contributed by atoms with Crippen molar-refractivity contribution in [1.29, 1.82) is 0 Å². The molecule has 2 atom stereocenters. The first kappa shape index (κ1) is 12.7. The Bertz CT molecular complexity index is 677. The number of carbonyl (C=O) groups is 2. The van der Waals surface area contributed by atoms with Crippen LogP contribution in [0.4, 0.5) is 0 Å². The lowest BCUT2D eigenvalue weighted by Crippen LogP contribution is -2.40. The number of fused-ring (bicyclic) bond motifs is 1. The molecule has 2 N–H and O–H groups in total. The van der Waals surface area contributed by atoms with E-state index in [0.29, 0.717) is 16.5 Å². The quantitative estimate of drug-likeness (QED) is 0.856. The normalized spacial score (nSPS) is 22.4. The molecule has 1 aliphatic rings. The number of para-hydroxylation sites is 1. The Balaban J connectivity index is 1.98. The van der Waals surface area contributed by atoms with E-state index >= 15 is 0 Å². The van der Waals surface area contributed by atoms with Crippen molar-refractivity contribution in [2.45, 2.75) is 18.6 Å². The van der Waals surface area contributed by atoms with Gasteiger partial charge in [-0.05, 0) is 6.07 Å². The van der Waals surface area contributed by atoms with Gasteiger partial charge in [-0.2, -0.15) is 0 Å². The largest absolute Gasteiger partial charge is 0.480 e. The number of likely N-dealkylation sites (tertiary alicyclic amines) is 1. The maximum atomic E-state index is 12.5. The number of aliphatic hydroxyl groups is 1. The first-order chi connectivity index (χ1) is 9.58. The Labute approximate surface area is 114 Å². The number of carboxylic acids is 1. The molecule has 0 aliphatic carbocycles. The van der Waals surface area contributed by atoms with E-state index in [9.17, 15) is 14.7 Å². The summed E-state index contributed by atoms with van der Waals surface area (Å²) in [6, 6.07) is 6.06. The highest BCUT2D eigenvalue weighted by atomic mass is 16.4. The smallest absolute Gasteiger partial charge is 0.326 e. The molecule has 0 radical (unpaired) electrons. The van der Waals surface area contributed by atoms with Crippen molar-refractivity contribution >= 4 is 22.8 Å². The van der Waals surface area contributed by atoms with Crippen LogP contribution < -0.4 is 0 Å². The maximum absolute atomic E-state index is 12.5. The number of nitrogens with zero attached hydrogens (tertiary/aromatic N) is 1. The lowest BCUT2D eigenvalue weighted by Gasteiger charge is -2.20. The van der Waals surface area contributed by atoms with E-state index in [-0.39, 0.29) is 13.0 Å². The Hall–Kier alpha value is -2.34. The van der Waals surface area contributed by atoms with E-state index in [2.05, 4.69) is 0 Å². The zero-order valence-electron chi connectivity index (χ0n) is 10.5. The van der Waals surface area contributed by atoms with Crippen LogP contribution in [0.3, 0.4) is 0 Å². The maximum Gasteiger partial charge on any atom is 0.326 e. The van der Waals surface area contributed by atoms with E-state index < -0.39 is 24.0 Å². The summed E-state index contributed by atoms with van der Waals surface area (Å²) < 4.78 is 5.29. The third-order valence-electron chi connectivity index (χ3n) is 3.54. The lowest BCUT2D eigenvalue weighted by atomic mass is 10.1. The summed E-state index contributed by atoms with van der Waals surface area (Å²) in [6.07, 6.45) is 0.575. The van der Waals surface area contributed by atoms with Gasteiger partial charge in [0, 0.05) is 18.4 Å². The van der Waals surface area contributed by atoms with Crippen molar-refractivity contribution in [2.24, 2.45) is 0 Å². The summed E-state index contributed by atoms with van der Waals surface area (Å²) >= 11 is 0. The number of carbonyl (C=O) groups excluding carboxylic acids is 1. The number of amides is 1. The van der Waals surface area contributed by atoms with E-state index in [4.69, 9.17) is 9.52 Å². The number of carboxylic acid groups (broad SMARTS) is 1. The van der Waals surface area contributed by atoms with Crippen LogP contribution in [-0.4, -0.2) is 45.7 Å². The molecule has 1 saturated heterocycles. The molecule has 2 aromatic rings. The molecule has 1 aromatic carbocycles. The second-order valence-corrected chi connectivity index (χ2v) is 4.85. The highest BCUT2D eigenvalue weighted by Gasteiger charge is 2.39. The van der Waals surface area contributed by atoms with Crippen molar-refractivity contribution in [3.8, 4) is 0 Å². The molecule has 3 rings (SSSR count). The first-order valence-electron chi connectivity index (χ1n) is 6.26. The number of aliphatic carboxylic acids is 1. The summed E-state index contributed by atoms with van der Waals surface area (Å²) in [5, 5.41) is 19.4. The van der Waals surface area contributed by atoms with Gasteiger partial charge < -0.3 is 19.5 Å². The average molecular weight is 275 g/mol. The monoisotopic (exact) mass is 275 g/mol. The van der Waals surface area contributed by atoms with Gasteiger partial charge >= 0.3 is 5.97 Å². The molecule has 0 bridgehead atoms. The standard InChI is InChI=1S/C14H13NO5/c16-8-5-11(14(18)19)15(6-8)13(17)10-7-20-12-4-2-1-3-9(10)12/h1-4,7-8,11,16H,5-6H2,(H,18,19)/t8?,11-/m0/s1. The van der Waals surface area contributed by atoms with Crippen LogP contribution in [-0.2, 0) is 4.79 Å². The van der Waals surface area contributed by atoms with E-state index in [0.717, 1.165) is 0 Å². The van der Waals surface area contributed by atoms with E-state index in [1.165, 1.54) is 11.2 Å². The molecular weight excluding hydrogens is 262 g/mol. The number of benzene rings is 1. The van der Waals surface area contributed by atoms with Gasteiger partial charge in [0.05, 0.1) is 11.7 Å². The van der Waals surface area contributed by atoms with Crippen molar-refractivity contribution in [3.63, 3.8) is 0 Å². The van der Waals surface area contributed by atoms with Gasteiger partial charge in [0.15, 0.2) is 0 Å². The average Bonchev–Trinajstić information content (AvgIpc) is 3.01. The third kappa shape index (κ3) is 1.94. The van der Waals surface area contributed by atoms with Crippen LogP contribution in [0.2, 0.25) is 0 Å². The molecule has 0 spiro atoms. The highest BCUT2D eigenvalue weighted by molar-refractivity contribution is 6.07. The molecule has 104 valence electrons. The van der Waals surface area contributed by atoms with Crippen LogP contribution in [0.5, 0.6) is 0 Å². The fourth-order valence-electron chi connectivity index (χ4n) is 2.57. The zero-order valence-corrected chi connectivity index (χ0v) is 10.5.